The molecule has 1 aliphatic carbocycles. The second-order valence-corrected chi connectivity index (χ2v) is 3.04. The van der Waals surface area contributed by atoms with Gasteiger partial charge in [0.25, 0.3) is 0 Å². The molecule has 0 radical (unpaired) electrons. The molecule has 0 aromatic heterocycles. The van der Waals surface area contributed by atoms with Crippen LogP contribution in [-0.2, 0) is 9.59 Å². The normalized spacial score (nSPS) is 18.3. The first-order chi connectivity index (χ1) is 5.25. The fourth-order valence-corrected chi connectivity index (χ4v) is 1.51. The first kappa shape index (κ1) is 8.24. The number of nitrogens with zero attached hydrogens (tertiary/aromatic N) is 1. The Morgan fingerprint density at radius 1 is 1.45 bits per heavy atom. The van der Waals surface area contributed by atoms with Crippen LogP contribution in [0.15, 0.2) is 0 Å². The zero-order valence-corrected chi connectivity index (χ0v) is 6.75. The lowest BCUT2D eigenvalue weighted by atomic mass is 10.1. The van der Waals surface area contributed by atoms with Crippen molar-refractivity contribution >= 4 is 12.3 Å². The summed E-state index contributed by atoms with van der Waals surface area (Å²) in [5.74, 6) is 0.0997. The van der Waals surface area contributed by atoms with Crippen molar-refractivity contribution in [1.29, 1.82) is 0 Å². The van der Waals surface area contributed by atoms with E-state index in [0.717, 1.165) is 30.6 Å². The van der Waals surface area contributed by atoms with Gasteiger partial charge >= 0.3 is 0 Å². The molecule has 0 spiro atoms. The van der Waals surface area contributed by atoms with Crippen LogP contribution >= 0.6 is 0 Å². The zero-order valence-electron chi connectivity index (χ0n) is 6.75. The lowest BCUT2D eigenvalue weighted by Gasteiger charge is -2.13. The van der Waals surface area contributed by atoms with E-state index in [9.17, 15) is 9.59 Å². The predicted molar refractivity (Wildman–Crippen MR) is 40.8 cm³/mol. The third-order valence-electron chi connectivity index (χ3n) is 2.21. The van der Waals surface area contributed by atoms with Crippen LogP contribution in [0.3, 0.4) is 0 Å². The predicted octanol–water partition coefficient (Wildman–Crippen LogP) is 0.791. The van der Waals surface area contributed by atoms with Crippen LogP contribution in [0.4, 0.5) is 0 Å². The maximum absolute atomic E-state index is 11.3. The summed E-state index contributed by atoms with van der Waals surface area (Å²) in [6.45, 7) is 0. The molecule has 1 fully saturated rings. The molecule has 0 bridgehead atoms. The van der Waals surface area contributed by atoms with Crippen LogP contribution in [0.25, 0.3) is 0 Å². The number of carbonyl (C=O) groups excluding carboxylic acids is 2. The molecule has 0 heterocycles. The summed E-state index contributed by atoms with van der Waals surface area (Å²) in [6.07, 6.45) is 4.75. The van der Waals surface area contributed by atoms with Crippen LogP contribution in [0.1, 0.15) is 25.7 Å². The highest BCUT2D eigenvalue weighted by Gasteiger charge is 2.24. The minimum atomic E-state index is -0.0162. The third-order valence-corrected chi connectivity index (χ3v) is 2.21. The van der Waals surface area contributed by atoms with E-state index in [1.165, 1.54) is 7.05 Å². The highest BCUT2D eigenvalue weighted by atomic mass is 16.2. The maximum atomic E-state index is 11.3. The Bertz CT molecular complexity index is 161. The second-order valence-electron chi connectivity index (χ2n) is 3.04. The van der Waals surface area contributed by atoms with E-state index >= 15 is 0 Å². The Morgan fingerprint density at radius 3 is 2.45 bits per heavy atom. The average Bonchev–Trinajstić information content (AvgIpc) is 2.53. The fraction of sp³-hybridized carbons (Fsp3) is 0.750. The van der Waals surface area contributed by atoms with Crippen molar-refractivity contribution in [2.24, 2.45) is 5.92 Å². The molecule has 3 nitrogen and oxygen atoms in total. The Labute approximate surface area is 66.4 Å². The number of carbonyl (C=O) groups is 2. The van der Waals surface area contributed by atoms with Gasteiger partial charge in [-0.25, -0.2) is 0 Å². The minimum absolute atomic E-state index is 0.0162. The molecular formula is C8H13NO2. The van der Waals surface area contributed by atoms with Crippen molar-refractivity contribution in [3.63, 3.8) is 0 Å². The molecule has 1 rings (SSSR count). The monoisotopic (exact) mass is 155 g/mol. The molecule has 1 saturated carbocycles. The van der Waals surface area contributed by atoms with Crippen molar-refractivity contribution in [3.05, 3.63) is 0 Å². The van der Waals surface area contributed by atoms with Gasteiger partial charge < -0.3 is 0 Å². The molecular weight excluding hydrogens is 142 g/mol. The summed E-state index contributed by atoms with van der Waals surface area (Å²) < 4.78 is 0. The van der Waals surface area contributed by atoms with Gasteiger partial charge in [0.15, 0.2) is 0 Å². The summed E-state index contributed by atoms with van der Waals surface area (Å²) in [6, 6.07) is 0. The first-order valence-electron chi connectivity index (χ1n) is 3.97. The highest BCUT2D eigenvalue weighted by molar-refractivity contribution is 5.87. The standard InChI is InChI=1S/C8H13NO2/c1-9(6-10)8(11)7-4-2-3-5-7/h6-7H,2-5H2,1H3. The van der Waals surface area contributed by atoms with Gasteiger partial charge in [-0.2, -0.15) is 0 Å². The maximum Gasteiger partial charge on any atom is 0.231 e. The molecule has 1 aliphatic rings. The molecule has 0 N–H and O–H groups in total. The lowest BCUT2D eigenvalue weighted by Crippen LogP contribution is -2.30. The number of amides is 2. The van der Waals surface area contributed by atoms with E-state index in [1.54, 1.807) is 0 Å². The van der Waals surface area contributed by atoms with Gasteiger partial charge in [-0.15, -0.1) is 0 Å². The quantitative estimate of drug-likeness (QED) is 0.553. The van der Waals surface area contributed by atoms with E-state index in [2.05, 4.69) is 0 Å². The smallest absolute Gasteiger partial charge is 0.231 e. The molecule has 0 unspecified atom stereocenters. The third kappa shape index (κ3) is 1.79. The Kier molecular flexibility index (Phi) is 2.63. The van der Waals surface area contributed by atoms with E-state index in [-0.39, 0.29) is 11.8 Å². The molecule has 0 aromatic rings. The average molecular weight is 155 g/mol. The molecule has 0 saturated heterocycles. The van der Waals surface area contributed by atoms with Gasteiger partial charge in [-0.1, -0.05) is 12.8 Å². The zero-order chi connectivity index (χ0) is 8.27. The van der Waals surface area contributed by atoms with Crippen molar-refractivity contribution in [2.45, 2.75) is 25.7 Å². The fourth-order valence-electron chi connectivity index (χ4n) is 1.51. The van der Waals surface area contributed by atoms with Crippen molar-refractivity contribution in [1.82, 2.24) is 4.90 Å². The molecule has 2 amide bonds. The highest BCUT2D eigenvalue weighted by Crippen LogP contribution is 2.25. The van der Waals surface area contributed by atoms with Crippen LogP contribution in [0, 0.1) is 5.92 Å². The van der Waals surface area contributed by atoms with Crippen molar-refractivity contribution < 1.29 is 9.59 Å². The summed E-state index contributed by atoms with van der Waals surface area (Å²) >= 11 is 0. The van der Waals surface area contributed by atoms with Crippen molar-refractivity contribution in [2.75, 3.05) is 7.05 Å². The van der Waals surface area contributed by atoms with Gasteiger partial charge in [0.1, 0.15) is 0 Å². The number of hydrogen-bond donors (Lipinski definition) is 0. The largest absolute Gasteiger partial charge is 0.288 e. The van der Waals surface area contributed by atoms with Crippen LogP contribution in [-0.4, -0.2) is 24.3 Å². The number of imide groups is 1. The lowest BCUT2D eigenvalue weighted by molar-refractivity contribution is -0.139. The summed E-state index contributed by atoms with van der Waals surface area (Å²) in [5.41, 5.74) is 0. The van der Waals surface area contributed by atoms with Gasteiger partial charge in [-0.05, 0) is 12.8 Å². The summed E-state index contributed by atoms with van der Waals surface area (Å²) in [4.78, 5) is 22.6. The summed E-state index contributed by atoms with van der Waals surface area (Å²) in [5, 5.41) is 0. The molecule has 62 valence electrons. The second kappa shape index (κ2) is 3.51. The Morgan fingerprint density at radius 2 is 2.00 bits per heavy atom. The molecule has 11 heavy (non-hydrogen) atoms. The van der Waals surface area contributed by atoms with E-state index < -0.39 is 0 Å². The SMILES string of the molecule is CN(C=O)C(=O)C1CCCC1. The van der Waals surface area contributed by atoms with Gasteiger partial charge in [0.2, 0.25) is 12.3 Å². The Balaban J connectivity index is 2.45. The molecule has 0 aromatic carbocycles. The molecule has 0 atom stereocenters. The number of rotatable bonds is 2. The van der Waals surface area contributed by atoms with Gasteiger partial charge in [0.05, 0.1) is 0 Å². The van der Waals surface area contributed by atoms with Crippen LogP contribution in [0.2, 0.25) is 0 Å². The van der Waals surface area contributed by atoms with E-state index in [4.69, 9.17) is 0 Å². The first-order valence-corrected chi connectivity index (χ1v) is 3.97. The summed E-state index contributed by atoms with van der Waals surface area (Å²) in [7, 11) is 1.52. The molecule has 3 heteroatoms. The topological polar surface area (TPSA) is 37.4 Å². The van der Waals surface area contributed by atoms with Gasteiger partial charge in [-0.3, -0.25) is 14.5 Å². The van der Waals surface area contributed by atoms with Gasteiger partial charge in [0, 0.05) is 13.0 Å². The number of hydrogen-bond acceptors (Lipinski definition) is 2. The van der Waals surface area contributed by atoms with E-state index in [0.29, 0.717) is 6.41 Å². The minimum Gasteiger partial charge on any atom is -0.288 e. The Hall–Kier alpha value is -0.860. The van der Waals surface area contributed by atoms with Crippen LogP contribution in [0.5, 0.6) is 0 Å². The molecule has 0 aliphatic heterocycles. The van der Waals surface area contributed by atoms with Crippen molar-refractivity contribution in [3.8, 4) is 0 Å². The van der Waals surface area contributed by atoms with E-state index in [1.807, 2.05) is 0 Å². The van der Waals surface area contributed by atoms with Crippen LogP contribution < -0.4 is 0 Å².